The molecule has 0 aromatic carbocycles. The van der Waals surface area contributed by atoms with Crippen molar-refractivity contribution in [2.45, 2.75) is 85.4 Å². The molecular formula is C23H38O5. The summed E-state index contributed by atoms with van der Waals surface area (Å²) in [5, 5.41) is 0. The molecule has 1 aliphatic heterocycles. The van der Waals surface area contributed by atoms with Crippen molar-refractivity contribution >= 4 is 11.9 Å². The third-order valence-corrected chi connectivity index (χ3v) is 9.00. The Kier molecular flexibility index (Phi) is 5.63. The maximum Gasteiger partial charge on any atom is 0.312 e. The van der Waals surface area contributed by atoms with Gasteiger partial charge in [-0.3, -0.25) is 9.59 Å². The van der Waals surface area contributed by atoms with Crippen LogP contribution in [0.2, 0.25) is 0 Å². The van der Waals surface area contributed by atoms with E-state index in [9.17, 15) is 9.59 Å². The lowest BCUT2D eigenvalue weighted by Crippen LogP contribution is -2.66. The SMILES string of the molecule is COC(=O)C1CCC2C3(C)CCC(C(C)C)OC3CCC2(C)C1(C)C(=O)OC. The fourth-order valence-corrected chi connectivity index (χ4v) is 7.04. The third-order valence-electron chi connectivity index (χ3n) is 9.00. The standard InChI is InChI=1S/C23H38O5/c1-14(2)16-10-12-21(3)17-9-8-15(19(24)26-6)23(5,20(25)27-7)22(17,4)13-11-18(21)28-16/h14-18H,8-13H2,1-7H3. The quantitative estimate of drug-likeness (QED) is 0.665. The average Bonchev–Trinajstić information content (AvgIpc) is 2.67. The zero-order valence-electron chi connectivity index (χ0n) is 18.7. The van der Waals surface area contributed by atoms with Crippen LogP contribution in [0.3, 0.4) is 0 Å². The van der Waals surface area contributed by atoms with E-state index >= 15 is 0 Å². The molecule has 0 aromatic heterocycles. The Balaban J connectivity index is 2.01. The summed E-state index contributed by atoms with van der Waals surface area (Å²) >= 11 is 0. The number of fused-ring (bicyclic) bond motifs is 3. The zero-order valence-corrected chi connectivity index (χ0v) is 18.7. The molecule has 0 radical (unpaired) electrons. The molecule has 160 valence electrons. The van der Waals surface area contributed by atoms with E-state index < -0.39 is 11.3 Å². The van der Waals surface area contributed by atoms with Gasteiger partial charge >= 0.3 is 11.9 Å². The molecular weight excluding hydrogens is 356 g/mol. The molecule has 3 fully saturated rings. The van der Waals surface area contributed by atoms with Crippen LogP contribution in [-0.4, -0.2) is 38.4 Å². The van der Waals surface area contributed by atoms with Crippen molar-refractivity contribution in [2.24, 2.45) is 34.0 Å². The van der Waals surface area contributed by atoms with Gasteiger partial charge in [0.25, 0.3) is 0 Å². The summed E-state index contributed by atoms with van der Waals surface area (Å²) in [4.78, 5) is 25.8. The highest BCUT2D eigenvalue weighted by Gasteiger charge is 2.69. The molecule has 0 aromatic rings. The van der Waals surface area contributed by atoms with Gasteiger partial charge in [0.1, 0.15) is 0 Å². The summed E-state index contributed by atoms with van der Waals surface area (Å²) in [5.74, 6) is -0.196. The van der Waals surface area contributed by atoms with E-state index in [0.717, 1.165) is 32.1 Å². The second-order valence-corrected chi connectivity index (χ2v) is 10.3. The summed E-state index contributed by atoms with van der Waals surface area (Å²) in [7, 11) is 2.84. The predicted octanol–water partition coefficient (Wildman–Crippen LogP) is 4.37. The number of carbonyl (C=O) groups is 2. The maximum atomic E-state index is 13.1. The van der Waals surface area contributed by atoms with Crippen LogP contribution in [0.15, 0.2) is 0 Å². The van der Waals surface area contributed by atoms with Crippen LogP contribution in [0.25, 0.3) is 0 Å². The monoisotopic (exact) mass is 394 g/mol. The van der Waals surface area contributed by atoms with Crippen molar-refractivity contribution < 1.29 is 23.8 Å². The normalized spacial score (nSPS) is 45.7. The molecule has 1 heterocycles. The first-order valence-corrected chi connectivity index (χ1v) is 10.9. The molecule has 0 amide bonds. The molecule has 7 unspecified atom stereocenters. The van der Waals surface area contributed by atoms with Crippen LogP contribution in [0.5, 0.6) is 0 Å². The van der Waals surface area contributed by atoms with Gasteiger partial charge in [0, 0.05) is 0 Å². The highest BCUT2D eigenvalue weighted by molar-refractivity contribution is 5.86. The third kappa shape index (κ3) is 2.83. The van der Waals surface area contributed by atoms with Crippen molar-refractivity contribution in [1.29, 1.82) is 0 Å². The van der Waals surface area contributed by atoms with Crippen LogP contribution in [0, 0.1) is 34.0 Å². The van der Waals surface area contributed by atoms with Crippen LogP contribution in [0.4, 0.5) is 0 Å². The van der Waals surface area contributed by atoms with Crippen LogP contribution in [-0.2, 0) is 23.8 Å². The fourth-order valence-electron chi connectivity index (χ4n) is 7.04. The zero-order chi connectivity index (χ0) is 20.9. The maximum absolute atomic E-state index is 13.1. The molecule has 2 saturated carbocycles. The van der Waals surface area contributed by atoms with Gasteiger partial charge in [0.05, 0.1) is 37.8 Å². The van der Waals surface area contributed by atoms with E-state index in [1.54, 1.807) is 0 Å². The Bertz CT molecular complexity index is 630. The molecule has 1 saturated heterocycles. The van der Waals surface area contributed by atoms with Gasteiger partial charge in [-0.15, -0.1) is 0 Å². The Morgan fingerprint density at radius 3 is 2.21 bits per heavy atom. The second-order valence-electron chi connectivity index (χ2n) is 10.3. The number of ether oxygens (including phenoxy) is 3. The van der Waals surface area contributed by atoms with Crippen LogP contribution in [0.1, 0.15) is 73.1 Å². The van der Waals surface area contributed by atoms with Crippen molar-refractivity contribution in [3.8, 4) is 0 Å². The summed E-state index contributed by atoms with van der Waals surface area (Å²) in [5.41, 5.74) is -1.19. The second kappa shape index (κ2) is 7.30. The molecule has 0 bridgehead atoms. The molecule has 5 nitrogen and oxygen atoms in total. The van der Waals surface area contributed by atoms with E-state index in [2.05, 4.69) is 27.7 Å². The summed E-state index contributed by atoms with van der Waals surface area (Å²) in [6.45, 7) is 11.0. The highest BCUT2D eigenvalue weighted by Crippen LogP contribution is 2.68. The molecule has 3 rings (SSSR count). The fraction of sp³-hybridized carbons (Fsp3) is 0.913. The molecule has 7 atom stereocenters. The minimum atomic E-state index is -0.888. The van der Waals surface area contributed by atoms with Gasteiger partial charge in [-0.25, -0.2) is 0 Å². The van der Waals surface area contributed by atoms with Gasteiger partial charge in [0.15, 0.2) is 0 Å². The predicted molar refractivity (Wildman–Crippen MR) is 107 cm³/mol. The molecule has 28 heavy (non-hydrogen) atoms. The Morgan fingerprint density at radius 2 is 1.64 bits per heavy atom. The minimum Gasteiger partial charge on any atom is -0.469 e. The van der Waals surface area contributed by atoms with Crippen molar-refractivity contribution in [1.82, 2.24) is 0 Å². The van der Waals surface area contributed by atoms with Gasteiger partial charge in [0.2, 0.25) is 0 Å². The lowest BCUT2D eigenvalue weighted by atomic mass is 9.39. The Labute approximate surface area is 169 Å². The first-order valence-electron chi connectivity index (χ1n) is 10.9. The van der Waals surface area contributed by atoms with Gasteiger partial charge in [-0.1, -0.05) is 27.7 Å². The molecule has 0 spiro atoms. The number of hydrogen-bond acceptors (Lipinski definition) is 5. The first kappa shape index (κ1) is 21.6. The first-order chi connectivity index (χ1) is 13.1. The van der Waals surface area contributed by atoms with Crippen LogP contribution >= 0.6 is 0 Å². The van der Waals surface area contributed by atoms with Crippen molar-refractivity contribution in [2.75, 3.05) is 14.2 Å². The topological polar surface area (TPSA) is 61.8 Å². The minimum absolute atomic E-state index is 0.0226. The summed E-state index contributed by atoms with van der Waals surface area (Å²) in [6.07, 6.45) is 6.09. The Morgan fingerprint density at radius 1 is 0.964 bits per heavy atom. The smallest absolute Gasteiger partial charge is 0.312 e. The molecule has 3 aliphatic rings. The molecule has 0 N–H and O–H groups in total. The number of hydrogen-bond donors (Lipinski definition) is 0. The molecule has 5 heteroatoms. The highest BCUT2D eigenvalue weighted by atomic mass is 16.5. The lowest BCUT2D eigenvalue weighted by Gasteiger charge is -2.66. The number of methoxy groups -OCH3 is 2. The van der Waals surface area contributed by atoms with Gasteiger partial charge in [-0.05, 0) is 68.1 Å². The van der Waals surface area contributed by atoms with Crippen molar-refractivity contribution in [3.05, 3.63) is 0 Å². The van der Waals surface area contributed by atoms with E-state index in [1.807, 2.05) is 6.92 Å². The van der Waals surface area contributed by atoms with Gasteiger partial charge in [-0.2, -0.15) is 0 Å². The number of carbonyl (C=O) groups excluding carboxylic acids is 2. The van der Waals surface area contributed by atoms with E-state index in [1.165, 1.54) is 14.2 Å². The van der Waals surface area contributed by atoms with Crippen molar-refractivity contribution in [3.63, 3.8) is 0 Å². The van der Waals surface area contributed by atoms with E-state index in [4.69, 9.17) is 14.2 Å². The molecule has 2 aliphatic carbocycles. The summed E-state index contributed by atoms with van der Waals surface area (Å²) in [6, 6.07) is 0. The van der Waals surface area contributed by atoms with E-state index in [0.29, 0.717) is 24.4 Å². The lowest BCUT2D eigenvalue weighted by molar-refractivity contribution is -0.246. The van der Waals surface area contributed by atoms with Crippen LogP contribution < -0.4 is 0 Å². The van der Waals surface area contributed by atoms with E-state index in [-0.39, 0.29) is 28.9 Å². The Hall–Kier alpha value is -1.10. The number of esters is 2. The summed E-state index contributed by atoms with van der Waals surface area (Å²) < 4.78 is 17.0. The number of rotatable bonds is 3. The largest absolute Gasteiger partial charge is 0.469 e. The average molecular weight is 395 g/mol. The van der Waals surface area contributed by atoms with Gasteiger partial charge < -0.3 is 14.2 Å².